The minimum absolute atomic E-state index is 0.178. The molecule has 0 spiro atoms. The lowest BCUT2D eigenvalue weighted by atomic mass is 10.1. The number of rotatable bonds is 2. The maximum absolute atomic E-state index is 12.4. The van der Waals surface area contributed by atoms with Gasteiger partial charge in [-0.05, 0) is 53.6 Å². The van der Waals surface area contributed by atoms with E-state index in [2.05, 4.69) is 22.6 Å². The first-order valence-corrected chi connectivity index (χ1v) is 7.01. The lowest BCUT2D eigenvalue weighted by molar-refractivity contribution is -0.121. The average Bonchev–Trinajstić information content (AvgIpc) is 2.80. The molecular formula is C12H12ClIN2O2. The number of benzene rings is 1. The Morgan fingerprint density at radius 2 is 2.17 bits per heavy atom. The summed E-state index contributed by atoms with van der Waals surface area (Å²) in [6.45, 7) is 0.565. The molecule has 4 nitrogen and oxygen atoms in total. The van der Waals surface area contributed by atoms with E-state index in [4.69, 9.17) is 17.3 Å². The van der Waals surface area contributed by atoms with Gasteiger partial charge in [0.2, 0.25) is 5.91 Å². The summed E-state index contributed by atoms with van der Waals surface area (Å²) < 4.78 is 0.817. The Balaban J connectivity index is 2.31. The topological polar surface area (TPSA) is 63.4 Å². The number of carbonyl (C=O) groups is 2. The lowest BCUT2D eigenvalue weighted by Crippen LogP contribution is -2.43. The van der Waals surface area contributed by atoms with Crippen molar-refractivity contribution in [2.75, 3.05) is 6.54 Å². The third kappa shape index (κ3) is 2.61. The van der Waals surface area contributed by atoms with Crippen molar-refractivity contribution in [2.45, 2.75) is 18.9 Å². The van der Waals surface area contributed by atoms with E-state index in [-0.39, 0.29) is 5.91 Å². The fraction of sp³-hybridized carbons (Fsp3) is 0.333. The van der Waals surface area contributed by atoms with Crippen LogP contribution in [0.1, 0.15) is 23.2 Å². The van der Waals surface area contributed by atoms with E-state index >= 15 is 0 Å². The SMILES string of the molecule is NC(=O)C1CCCN1C(=O)c1cc(Cl)ccc1I. The molecule has 0 bridgehead atoms. The van der Waals surface area contributed by atoms with E-state index in [1.807, 2.05) is 0 Å². The van der Waals surface area contributed by atoms with Crippen LogP contribution in [0.3, 0.4) is 0 Å². The van der Waals surface area contributed by atoms with Crippen molar-refractivity contribution < 1.29 is 9.59 Å². The Morgan fingerprint density at radius 3 is 2.83 bits per heavy atom. The minimum atomic E-state index is -0.493. The number of nitrogens with zero attached hydrogens (tertiary/aromatic N) is 1. The van der Waals surface area contributed by atoms with E-state index in [1.165, 1.54) is 4.90 Å². The summed E-state index contributed by atoms with van der Waals surface area (Å²) in [5.74, 6) is -0.624. The second-order valence-corrected chi connectivity index (χ2v) is 5.78. The molecule has 2 rings (SSSR count). The van der Waals surface area contributed by atoms with Gasteiger partial charge in [-0.25, -0.2) is 0 Å². The molecule has 1 aromatic rings. The highest BCUT2D eigenvalue weighted by Gasteiger charge is 2.33. The molecule has 0 radical (unpaired) electrons. The van der Waals surface area contributed by atoms with Crippen molar-refractivity contribution in [1.29, 1.82) is 0 Å². The number of hydrogen-bond donors (Lipinski definition) is 1. The second-order valence-electron chi connectivity index (χ2n) is 4.18. The molecule has 1 unspecified atom stereocenters. The molecular weight excluding hydrogens is 367 g/mol. The average molecular weight is 379 g/mol. The zero-order valence-electron chi connectivity index (χ0n) is 9.53. The Hall–Kier alpha value is -0.820. The maximum Gasteiger partial charge on any atom is 0.255 e. The summed E-state index contributed by atoms with van der Waals surface area (Å²) in [7, 11) is 0. The van der Waals surface area contributed by atoms with Gasteiger partial charge in [-0.15, -0.1) is 0 Å². The molecule has 0 aromatic heterocycles. The van der Waals surface area contributed by atoms with Gasteiger partial charge in [0.05, 0.1) is 5.56 Å². The molecule has 2 amide bonds. The first kappa shape index (κ1) is 13.6. The van der Waals surface area contributed by atoms with Crippen molar-refractivity contribution in [3.63, 3.8) is 0 Å². The maximum atomic E-state index is 12.4. The summed E-state index contributed by atoms with van der Waals surface area (Å²) in [4.78, 5) is 25.2. The van der Waals surface area contributed by atoms with Crippen molar-refractivity contribution >= 4 is 46.0 Å². The fourth-order valence-electron chi connectivity index (χ4n) is 2.12. The van der Waals surface area contributed by atoms with Gasteiger partial charge in [0, 0.05) is 15.1 Å². The van der Waals surface area contributed by atoms with Gasteiger partial charge in [-0.1, -0.05) is 11.6 Å². The van der Waals surface area contributed by atoms with Crippen LogP contribution in [0.2, 0.25) is 5.02 Å². The van der Waals surface area contributed by atoms with Crippen LogP contribution >= 0.6 is 34.2 Å². The standard InChI is InChI=1S/C12H12ClIN2O2/c13-7-3-4-9(14)8(6-7)12(18)16-5-1-2-10(16)11(15)17/h3-4,6,10H,1-2,5H2,(H2,15,17). The van der Waals surface area contributed by atoms with Crippen molar-refractivity contribution in [3.05, 3.63) is 32.4 Å². The minimum Gasteiger partial charge on any atom is -0.368 e. The molecule has 1 aliphatic rings. The summed E-state index contributed by atoms with van der Waals surface area (Å²) in [5.41, 5.74) is 5.84. The molecule has 2 N–H and O–H groups in total. The van der Waals surface area contributed by atoms with Gasteiger partial charge in [0.25, 0.3) is 5.91 Å². The van der Waals surface area contributed by atoms with Crippen LogP contribution in [0.25, 0.3) is 0 Å². The first-order chi connectivity index (χ1) is 8.50. The van der Waals surface area contributed by atoms with E-state index in [9.17, 15) is 9.59 Å². The van der Waals surface area contributed by atoms with Crippen molar-refractivity contribution in [1.82, 2.24) is 4.90 Å². The van der Waals surface area contributed by atoms with Crippen molar-refractivity contribution in [2.24, 2.45) is 5.73 Å². The van der Waals surface area contributed by atoms with Gasteiger partial charge in [0.15, 0.2) is 0 Å². The fourth-order valence-corrected chi connectivity index (χ4v) is 2.86. The zero-order valence-corrected chi connectivity index (χ0v) is 12.4. The van der Waals surface area contributed by atoms with E-state index in [0.717, 1.165) is 9.99 Å². The quantitative estimate of drug-likeness (QED) is 0.801. The molecule has 1 aliphatic heterocycles. The Morgan fingerprint density at radius 1 is 1.44 bits per heavy atom. The predicted molar refractivity (Wildman–Crippen MR) is 77.4 cm³/mol. The zero-order chi connectivity index (χ0) is 13.3. The van der Waals surface area contributed by atoms with Gasteiger partial charge in [-0.3, -0.25) is 9.59 Å². The predicted octanol–water partition coefficient (Wildman–Crippen LogP) is 2.03. The number of amides is 2. The largest absolute Gasteiger partial charge is 0.368 e. The summed E-state index contributed by atoms with van der Waals surface area (Å²) in [6.07, 6.45) is 1.44. The summed E-state index contributed by atoms with van der Waals surface area (Å²) >= 11 is 7.98. The number of likely N-dealkylation sites (tertiary alicyclic amines) is 1. The number of halogens is 2. The summed E-state index contributed by atoms with van der Waals surface area (Å²) in [5, 5.41) is 0.508. The van der Waals surface area contributed by atoms with Gasteiger partial charge >= 0.3 is 0 Å². The second kappa shape index (κ2) is 5.44. The molecule has 1 atom stereocenters. The molecule has 1 heterocycles. The van der Waals surface area contributed by atoms with Gasteiger partial charge in [-0.2, -0.15) is 0 Å². The van der Waals surface area contributed by atoms with Crippen molar-refractivity contribution in [3.8, 4) is 0 Å². The third-order valence-electron chi connectivity index (χ3n) is 3.00. The smallest absolute Gasteiger partial charge is 0.255 e. The number of nitrogens with two attached hydrogens (primary N) is 1. The Kier molecular flexibility index (Phi) is 4.11. The van der Waals surface area contributed by atoms with Crippen LogP contribution in [0, 0.1) is 3.57 Å². The molecule has 0 saturated carbocycles. The molecule has 6 heteroatoms. The Labute approximate surface area is 124 Å². The van der Waals surface area contributed by atoms with Crippen LogP contribution < -0.4 is 5.73 Å². The molecule has 1 fully saturated rings. The normalized spacial score (nSPS) is 19.0. The lowest BCUT2D eigenvalue weighted by Gasteiger charge is -2.22. The highest BCUT2D eigenvalue weighted by Crippen LogP contribution is 2.24. The highest BCUT2D eigenvalue weighted by atomic mass is 127. The number of hydrogen-bond acceptors (Lipinski definition) is 2. The first-order valence-electron chi connectivity index (χ1n) is 5.56. The van der Waals surface area contributed by atoms with E-state index < -0.39 is 11.9 Å². The van der Waals surface area contributed by atoms with Crippen LogP contribution in [-0.2, 0) is 4.79 Å². The van der Waals surface area contributed by atoms with Crippen LogP contribution in [0.15, 0.2) is 18.2 Å². The summed E-state index contributed by atoms with van der Waals surface area (Å²) in [6, 6.07) is 4.65. The van der Waals surface area contributed by atoms with Crippen LogP contribution in [-0.4, -0.2) is 29.3 Å². The van der Waals surface area contributed by atoms with Gasteiger partial charge in [0.1, 0.15) is 6.04 Å². The van der Waals surface area contributed by atoms with Crippen LogP contribution in [0.5, 0.6) is 0 Å². The van der Waals surface area contributed by atoms with E-state index in [0.29, 0.717) is 23.6 Å². The number of carbonyl (C=O) groups excluding carboxylic acids is 2. The Bertz CT molecular complexity index is 507. The molecule has 0 aliphatic carbocycles. The third-order valence-corrected chi connectivity index (χ3v) is 4.18. The number of primary amides is 1. The highest BCUT2D eigenvalue weighted by molar-refractivity contribution is 14.1. The molecule has 1 aromatic carbocycles. The molecule has 18 heavy (non-hydrogen) atoms. The molecule has 96 valence electrons. The van der Waals surface area contributed by atoms with E-state index in [1.54, 1.807) is 18.2 Å². The van der Waals surface area contributed by atoms with Crippen LogP contribution in [0.4, 0.5) is 0 Å². The molecule has 1 saturated heterocycles. The monoisotopic (exact) mass is 378 g/mol. The van der Waals surface area contributed by atoms with Gasteiger partial charge < -0.3 is 10.6 Å².